The molecule has 3 nitrogen and oxygen atoms in total. The smallest absolute Gasteiger partial charge is 0.230 e. The minimum Gasteiger partial charge on any atom is -0.338 e. The van der Waals surface area contributed by atoms with E-state index in [0.717, 1.165) is 38.9 Å². The molecule has 2 aliphatic rings. The molecule has 2 heterocycles. The molecule has 1 amide bonds. The second-order valence-electron chi connectivity index (χ2n) is 6.19. The van der Waals surface area contributed by atoms with E-state index in [2.05, 4.69) is 11.9 Å². The van der Waals surface area contributed by atoms with Crippen LogP contribution in [0.2, 0.25) is 0 Å². The first-order valence-corrected chi connectivity index (χ1v) is 7.32. The van der Waals surface area contributed by atoms with Gasteiger partial charge in [-0.15, -0.1) is 0 Å². The molecule has 1 spiro atoms. The van der Waals surface area contributed by atoms with Crippen LogP contribution >= 0.6 is 0 Å². The molecule has 0 unspecified atom stereocenters. The average molecular weight is 276 g/mol. The third-order valence-electron chi connectivity index (χ3n) is 4.69. The molecule has 2 saturated heterocycles. The molecule has 1 aromatic rings. The van der Waals surface area contributed by atoms with Crippen LogP contribution in [-0.2, 0) is 11.3 Å². The SMILES string of the molecule is CN1CC[C@@]2(CCCN(Cc3ccccc3F)C2=O)C1. The maximum atomic E-state index is 13.8. The van der Waals surface area contributed by atoms with Gasteiger partial charge < -0.3 is 9.80 Å². The van der Waals surface area contributed by atoms with Crippen molar-refractivity contribution in [1.29, 1.82) is 0 Å². The van der Waals surface area contributed by atoms with Crippen molar-refractivity contribution < 1.29 is 9.18 Å². The molecule has 1 atom stereocenters. The average Bonchev–Trinajstić information content (AvgIpc) is 2.80. The standard InChI is InChI=1S/C16H21FN2O/c1-18-10-8-16(12-18)7-4-9-19(15(16)20)11-13-5-2-3-6-14(13)17/h2-3,5-6H,4,7-12H2,1H3/t16-/m0/s1. The second kappa shape index (κ2) is 5.17. The van der Waals surface area contributed by atoms with Crippen LogP contribution < -0.4 is 0 Å². The minimum absolute atomic E-state index is 0.210. The molecule has 0 radical (unpaired) electrons. The fraction of sp³-hybridized carbons (Fsp3) is 0.562. The molecule has 0 aliphatic carbocycles. The van der Waals surface area contributed by atoms with E-state index < -0.39 is 0 Å². The first-order valence-electron chi connectivity index (χ1n) is 7.32. The second-order valence-corrected chi connectivity index (χ2v) is 6.19. The summed E-state index contributed by atoms with van der Waals surface area (Å²) in [6.07, 6.45) is 2.94. The normalized spacial score (nSPS) is 27.5. The highest BCUT2D eigenvalue weighted by Crippen LogP contribution is 2.39. The predicted molar refractivity (Wildman–Crippen MR) is 75.6 cm³/mol. The summed E-state index contributed by atoms with van der Waals surface area (Å²) in [4.78, 5) is 16.9. The Labute approximate surface area is 119 Å². The van der Waals surface area contributed by atoms with Gasteiger partial charge in [0.1, 0.15) is 5.82 Å². The van der Waals surface area contributed by atoms with Crippen molar-refractivity contribution in [2.24, 2.45) is 5.41 Å². The fourth-order valence-corrected chi connectivity index (χ4v) is 3.59. The summed E-state index contributed by atoms with van der Waals surface area (Å²) >= 11 is 0. The van der Waals surface area contributed by atoms with Gasteiger partial charge in [-0.1, -0.05) is 18.2 Å². The number of nitrogens with zero attached hydrogens (tertiary/aromatic N) is 2. The number of hydrogen-bond donors (Lipinski definition) is 0. The van der Waals surface area contributed by atoms with Crippen molar-refractivity contribution >= 4 is 5.91 Å². The number of carbonyl (C=O) groups excluding carboxylic acids is 1. The monoisotopic (exact) mass is 276 g/mol. The number of halogens is 1. The quantitative estimate of drug-likeness (QED) is 0.827. The van der Waals surface area contributed by atoms with Gasteiger partial charge in [0.05, 0.1) is 5.41 Å². The summed E-state index contributed by atoms with van der Waals surface area (Å²) in [7, 11) is 2.07. The summed E-state index contributed by atoms with van der Waals surface area (Å²) in [5.41, 5.74) is 0.405. The summed E-state index contributed by atoms with van der Waals surface area (Å²) in [5, 5.41) is 0. The molecule has 0 saturated carbocycles. The Hall–Kier alpha value is -1.42. The Morgan fingerprint density at radius 3 is 2.75 bits per heavy atom. The summed E-state index contributed by atoms with van der Waals surface area (Å²) in [6, 6.07) is 6.74. The number of likely N-dealkylation sites (tertiary alicyclic amines) is 2. The third-order valence-corrected chi connectivity index (χ3v) is 4.69. The van der Waals surface area contributed by atoms with Crippen molar-refractivity contribution in [3.05, 3.63) is 35.6 Å². The van der Waals surface area contributed by atoms with E-state index in [-0.39, 0.29) is 17.1 Å². The van der Waals surface area contributed by atoms with Gasteiger partial charge in [0.2, 0.25) is 5.91 Å². The van der Waals surface area contributed by atoms with Gasteiger partial charge in [-0.3, -0.25) is 4.79 Å². The van der Waals surface area contributed by atoms with Crippen LogP contribution in [0.15, 0.2) is 24.3 Å². The lowest BCUT2D eigenvalue weighted by Crippen LogP contribution is -2.49. The van der Waals surface area contributed by atoms with E-state index in [9.17, 15) is 9.18 Å². The van der Waals surface area contributed by atoms with Gasteiger partial charge in [-0.25, -0.2) is 4.39 Å². The van der Waals surface area contributed by atoms with Crippen LogP contribution in [0.4, 0.5) is 4.39 Å². The van der Waals surface area contributed by atoms with Crippen LogP contribution in [0.5, 0.6) is 0 Å². The maximum Gasteiger partial charge on any atom is 0.230 e. The van der Waals surface area contributed by atoms with Crippen LogP contribution in [-0.4, -0.2) is 42.4 Å². The topological polar surface area (TPSA) is 23.6 Å². The molecular formula is C16H21FN2O. The molecule has 0 N–H and O–H groups in total. The lowest BCUT2D eigenvalue weighted by Gasteiger charge is -2.39. The molecular weight excluding hydrogens is 255 g/mol. The van der Waals surface area contributed by atoms with E-state index in [0.29, 0.717) is 12.1 Å². The first kappa shape index (κ1) is 13.6. The molecule has 2 aliphatic heterocycles. The lowest BCUT2D eigenvalue weighted by atomic mass is 9.78. The minimum atomic E-state index is -0.219. The van der Waals surface area contributed by atoms with Gasteiger partial charge in [0.25, 0.3) is 0 Å². The molecule has 20 heavy (non-hydrogen) atoms. The zero-order chi connectivity index (χ0) is 14.2. The van der Waals surface area contributed by atoms with Crippen LogP contribution in [0, 0.1) is 11.2 Å². The number of benzene rings is 1. The maximum absolute atomic E-state index is 13.8. The number of amides is 1. The lowest BCUT2D eigenvalue weighted by molar-refractivity contribution is -0.146. The predicted octanol–water partition coefficient (Wildman–Crippen LogP) is 2.27. The molecule has 4 heteroatoms. The molecule has 0 aromatic heterocycles. The van der Waals surface area contributed by atoms with Crippen molar-refractivity contribution in [2.75, 3.05) is 26.7 Å². The Morgan fingerprint density at radius 2 is 2.05 bits per heavy atom. The van der Waals surface area contributed by atoms with E-state index in [1.807, 2.05) is 11.0 Å². The highest BCUT2D eigenvalue weighted by molar-refractivity contribution is 5.84. The van der Waals surface area contributed by atoms with Gasteiger partial charge in [-0.05, 0) is 38.9 Å². The summed E-state index contributed by atoms with van der Waals surface area (Å²) in [5.74, 6) is -0.000170. The molecule has 2 fully saturated rings. The van der Waals surface area contributed by atoms with Crippen LogP contribution in [0.3, 0.4) is 0 Å². The zero-order valence-electron chi connectivity index (χ0n) is 11.9. The largest absolute Gasteiger partial charge is 0.338 e. The Balaban J connectivity index is 1.77. The van der Waals surface area contributed by atoms with Crippen LogP contribution in [0.1, 0.15) is 24.8 Å². The molecule has 0 bridgehead atoms. The number of piperidine rings is 1. The van der Waals surface area contributed by atoms with Gasteiger partial charge in [-0.2, -0.15) is 0 Å². The highest BCUT2D eigenvalue weighted by atomic mass is 19.1. The van der Waals surface area contributed by atoms with E-state index in [4.69, 9.17) is 0 Å². The first-order chi connectivity index (χ1) is 9.61. The fourth-order valence-electron chi connectivity index (χ4n) is 3.59. The van der Waals surface area contributed by atoms with Gasteiger partial charge in [0, 0.05) is 25.2 Å². The van der Waals surface area contributed by atoms with Crippen LogP contribution in [0.25, 0.3) is 0 Å². The van der Waals surface area contributed by atoms with Crippen molar-refractivity contribution in [3.8, 4) is 0 Å². The molecule has 1 aromatic carbocycles. The zero-order valence-corrected chi connectivity index (χ0v) is 11.9. The van der Waals surface area contributed by atoms with E-state index in [1.54, 1.807) is 12.1 Å². The van der Waals surface area contributed by atoms with E-state index >= 15 is 0 Å². The number of hydrogen-bond acceptors (Lipinski definition) is 2. The summed E-state index contributed by atoms with van der Waals surface area (Å²) < 4.78 is 13.8. The Bertz CT molecular complexity index is 515. The summed E-state index contributed by atoms with van der Waals surface area (Å²) in [6.45, 7) is 2.98. The van der Waals surface area contributed by atoms with Crippen molar-refractivity contribution in [3.63, 3.8) is 0 Å². The van der Waals surface area contributed by atoms with Crippen molar-refractivity contribution in [2.45, 2.75) is 25.8 Å². The number of carbonyl (C=O) groups is 1. The number of rotatable bonds is 2. The van der Waals surface area contributed by atoms with Gasteiger partial charge >= 0.3 is 0 Å². The van der Waals surface area contributed by atoms with Crippen molar-refractivity contribution in [1.82, 2.24) is 9.80 Å². The molecule has 108 valence electrons. The third kappa shape index (κ3) is 2.33. The Kier molecular flexibility index (Phi) is 3.50. The van der Waals surface area contributed by atoms with Gasteiger partial charge in [0.15, 0.2) is 0 Å². The molecule has 3 rings (SSSR count). The van der Waals surface area contributed by atoms with E-state index in [1.165, 1.54) is 6.07 Å². The Morgan fingerprint density at radius 1 is 1.25 bits per heavy atom. The highest BCUT2D eigenvalue weighted by Gasteiger charge is 2.47.